The minimum Gasteiger partial charge on any atom is -0.481 e. The van der Waals surface area contributed by atoms with Crippen LogP contribution in [0.1, 0.15) is 25.7 Å². The van der Waals surface area contributed by atoms with Crippen LogP contribution in [-0.4, -0.2) is 45.2 Å². The lowest BCUT2D eigenvalue weighted by molar-refractivity contribution is -0.137. The minimum atomic E-state index is -0.746. The SMILES string of the molecule is NN1C(=O)NC2C(CCCCC(=O)O)SCC21. The predicted octanol–water partition coefficient (Wildman–Crippen LogP) is 0.383. The number of hydrazine groups is 1. The number of nitrogens with two attached hydrogens (primary N) is 1. The number of nitrogens with zero attached hydrogens (tertiary/aromatic N) is 1. The van der Waals surface area contributed by atoms with E-state index in [4.69, 9.17) is 10.9 Å². The normalized spacial score (nSPS) is 31.5. The highest BCUT2D eigenvalue weighted by atomic mass is 32.2. The highest BCUT2D eigenvalue weighted by Crippen LogP contribution is 2.35. The number of carboxylic acid groups (broad SMARTS) is 1. The fourth-order valence-electron chi connectivity index (χ4n) is 2.37. The standard InChI is InChI=1S/C10H17N3O3S/c11-13-6-5-17-7(9(6)12-10(13)16)3-1-2-4-8(14)15/h6-7,9H,1-5,11H2,(H,12,16)(H,14,15). The van der Waals surface area contributed by atoms with E-state index in [1.165, 1.54) is 5.01 Å². The van der Waals surface area contributed by atoms with Crippen molar-refractivity contribution in [3.05, 3.63) is 0 Å². The van der Waals surface area contributed by atoms with Gasteiger partial charge in [-0.3, -0.25) is 9.80 Å². The van der Waals surface area contributed by atoms with Gasteiger partial charge in [-0.15, -0.1) is 0 Å². The summed E-state index contributed by atoms with van der Waals surface area (Å²) >= 11 is 1.82. The molecule has 3 atom stereocenters. The number of urea groups is 1. The number of nitrogens with one attached hydrogen (secondary N) is 1. The van der Waals surface area contributed by atoms with Crippen LogP contribution < -0.4 is 11.2 Å². The van der Waals surface area contributed by atoms with Crippen LogP contribution in [0, 0.1) is 0 Å². The van der Waals surface area contributed by atoms with E-state index in [2.05, 4.69) is 5.32 Å². The maximum atomic E-state index is 11.4. The van der Waals surface area contributed by atoms with Crippen molar-refractivity contribution in [1.82, 2.24) is 10.3 Å². The molecule has 0 radical (unpaired) electrons. The predicted molar refractivity (Wildman–Crippen MR) is 64.5 cm³/mol. The Morgan fingerprint density at radius 3 is 3.06 bits per heavy atom. The maximum absolute atomic E-state index is 11.4. The minimum absolute atomic E-state index is 0.0944. The number of hydrogen-bond acceptors (Lipinski definition) is 4. The molecule has 0 aromatic carbocycles. The van der Waals surface area contributed by atoms with Gasteiger partial charge in [-0.1, -0.05) is 6.42 Å². The van der Waals surface area contributed by atoms with Gasteiger partial charge in [-0.05, 0) is 12.8 Å². The van der Waals surface area contributed by atoms with Crippen LogP contribution in [0.15, 0.2) is 0 Å². The van der Waals surface area contributed by atoms with E-state index in [-0.39, 0.29) is 24.5 Å². The Balaban J connectivity index is 1.76. The van der Waals surface area contributed by atoms with E-state index in [1.54, 1.807) is 0 Å². The lowest BCUT2D eigenvalue weighted by Crippen LogP contribution is -2.42. The second-order valence-electron chi connectivity index (χ2n) is 4.46. The molecule has 0 saturated carbocycles. The molecule has 0 bridgehead atoms. The first-order valence-corrected chi connectivity index (χ1v) is 6.82. The fourth-order valence-corrected chi connectivity index (χ4v) is 3.97. The van der Waals surface area contributed by atoms with Crippen molar-refractivity contribution in [3.63, 3.8) is 0 Å². The van der Waals surface area contributed by atoms with Gasteiger partial charge in [0.1, 0.15) is 0 Å². The van der Waals surface area contributed by atoms with Crippen molar-refractivity contribution in [2.24, 2.45) is 5.84 Å². The molecule has 4 N–H and O–H groups in total. The van der Waals surface area contributed by atoms with Gasteiger partial charge in [0.25, 0.3) is 0 Å². The summed E-state index contributed by atoms with van der Waals surface area (Å²) in [7, 11) is 0. The molecule has 2 amide bonds. The molecule has 2 aliphatic rings. The molecule has 0 aromatic rings. The van der Waals surface area contributed by atoms with E-state index < -0.39 is 5.97 Å². The molecule has 2 aliphatic heterocycles. The third kappa shape index (κ3) is 2.66. The van der Waals surface area contributed by atoms with E-state index in [9.17, 15) is 9.59 Å². The van der Waals surface area contributed by atoms with Crippen molar-refractivity contribution < 1.29 is 14.7 Å². The monoisotopic (exact) mass is 259 g/mol. The van der Waals surface area contributed by atoms with Gasteiger partial charge in [0.15, 0.2) is 0 Å². The molecule has 0 aromatic heterocycles. The number of carbonyl (C=O) groups excluding carboxylic acids is 1. The number of amides is 2. The largest absolute Gasteiger partial charge is 0.481 e. The van der Waals surface area contributed by atoms with Crippen molar-refractivity contribution in [2.45, 2.75) is 43.0 Å². The molecule has 0 aliphatic carbocycles. The van der Waals surface area contributed by atoms with E-state index in [0.29, 0.717) is 11.7 Å². The third-order valence-corrected chi connectivity index (χ3v) is 4.80. The summed E-state index contributed by atoms with van der Waals surface area (Å²) in [6.45, 7) is 0. The first-order valence-electron chi connectivity index (χ1n) is 5.77. The summed E-state index contributed by atoms with van der Waals surface area (Å²) in [5, 5.41) is 13.1. The third-order valence-electron chi connectivity index (χ3n) is 3.31. The Morgan fingerprint density at radius 1 is 1.59 bits per heavy atom. The summed E-state index contributed by atoms with van der Waals surface area (Å²) < 4.78 is 0. The molecule has 3 unspecified atom stereocenters. The number of hydrogen-bond donors (Lipinski definition) is 3. The first-order chi connectivity index (χ1) is 8.09. The number of aliphatic carboxylic acids is 1. The molecule has 2 heterocycles. The summed E-state index contributed by atoms with van der Waals surface area (Å²) in [5.41, 5.74) is 0. The van der Waals surface area contributed by atoms with Crippen molar-refractivity contribution in [2.75, 3.05) is 5.75 Å². The number of carbonyl (C=O) groups is 2. The lowest BCUT2D eigenvalue weighted by atomic mass is 10.0. The summed E-state index contributed by atoms with van der Waals surface area (Å²) in [6.07, 6.45) is 2.74. The molecular formula is C10H17N3O3S. The number of unbranched alkanes of at least 4 members (excludes halogenated alkanes) is 1. The van der Waals surface area contributed by atoms with Gasteiger partial charge in [0.2, 0.25) is 0 Å². The Bertz CT molecular complexity index is 326. The van der Waals surface area contributed by atoms with Crippen molar-refractivity contribution in [1.29, 1.82) is 0 Å². The molecule has 2 saturated heterocycles. The van der Waals surface area contributed by atoms with Crippen LogP contribution in [-0.2, 0) is 4.79 Å². The molecule has 0 spiro atoms. The molecule has 7 heteroatoms. The van der Waals surface area contributed by atoms with Gasteiger partial charge < -0.3 is 10.4 Å². The smallest absolute Gasteiger partial charge is 0.332 e. The van der Waals surface area contributed by atoms with Crippen LogP contribution in [0.25, 0.3) is 0 Å². The Kier molecular flexibility index (Phi) is 3.78. The lowest BCUT2D eigenvalue weighted by Gasteiger charge is -2.17. The zero-order chi connectivity index (χ0) is 12.4. The summed E-state index contributed by atoms with van der Waals surface area (Å²) in [5.74, 6) is 5.77. The van der Waals surface area contributed by atoms with Crippen molar-refractivity contribution >= 4 is 23.8 Å². The van der Waals surface area contributed by atoms with Gasteiger partial charge in [0.05, 0.1) is 12.1 Å². The van der Waals surface area contributed by atoms with Gasteiger partial charge in [0, 0.05) is 17.4 Å². The molecule has 2 rings (SSSR count). The average molecular weight is 259 g/mol. The van der Waals surface area contributed by atoms with E-state index >= 15 is 0 Å². The Morgan fingerprint density at radius 2 is 2.35 bits per heavy atom. The van der Waals surface area contributed by atoms with Gasteiger partial charge >= 0.3 is 12.0 Å². The van der Waals surface area contributed by atoms with Gasteiger partial charge in [-0.25, -0.2) is 10.6 Å². The quantitative estimate of drug-likeness (QED) is 0.287. The zero-order valence-electron chi connectivity index (χ0n) is 9.46. The Labute approximate surface area is 104 Å². The number of fused-ring (bicyclic) bond motifs is 1. The van der Waals surface area contributed by atoms with Crippen LogP contribution in [0.2, 0.25) is 0 Å². The number of thioether (sulfide) groups is 1. The van der Waals surface area contributed by atoms with Crippen LogP contribution in [0.4, 0.5) is 4.79 Å². The Hall–Kier alpha value is -0.950. The summed E-state index contributed by atoms with van der Waals surface area (Å²) in [6, 6.07) is 0.0233. The molecule has 2 fully saturated rings. The number of rotatable bonds is 5. The highest BCUT2D eigenvalue weighted by molar-refractivity contribution is 8.00. The maximum Gasteiger partial charge on any atom is 0.332 e. The fraction of sp³-hybridized carbons (Fsp3) is 0.800. The van der Waals surface area contributed by atoms with Crippen LogP contribution >= 0.6 is 11.8 Å². The molecule has 6 nitrogen and oxygen atoms in total. The van der Waals surface area contributed by atoms with Gasteiger partial charge in [-0.2, -0.15) is 11.8 Å². The second-order valence-corrected chi connectivity index (χ2v) is 5.73. The van der Waals surface area contributed by atoms with E-state index in [0.717, 1.165) is 18.6 Å². The highest BCUT2D eigenvalue weighted by Gasteiger charge is 2.46. The topological polar surface area (TPSA) is 95.7 Å². The summed E-state index contributed by atoms with van der Waals surface area (Å²) in [4.78, 5) is 21.7. The first kappa shape index (κ1) is 12.5. The molecule has 17 heavy (non-hydrogen) atoms. The molecule has 96 valence electrons. The van der Waals surface area contributed by atoms with Crippen LogP contribution in [0.5, 0.6) is 0 Å². The van der Waals surface area contributed by atoms with Crippen molar-refractivity contribution in [3.8, 4) is 0 Å². The molecular weight excluding hydrogens is 242 g/mol. The average Bonchev–Trinajstić information content (AvgIpc) is 2.77. The van der Waals surface area contributed by atoms with E-state index in [1.807, 2.05) is 11.8 Å². The van der Waals surface area contributed by atoms with Crippen LogP contribution in [0.3, 0.4) is 0 Å². The number of carboxylic acids is 1. The zero-order valence-corrected chi connectivity index (χ0v) is 10.3. The second kappa shape index (κ2) is 5.14.